The smallest absolute Gasteiger partial charge is 0.123 e. The van der Waals surface area contributed by atoms with E-state index in [9.17, 15) is 0 Å². The largest absolute Gasteiger partial charge is 0.347 e. The molecule has 2 atom stereocenters. The van der Waals surface area contributed by atoms with E-state index in [1.165, 1.54) is 0 Å². The van der Waals surface area contributed by atoms with Crippen molar-refractivity contribution in [1.29, 1.82) is 0 Å². The Labute approximate surface area is 108 Å². The van der Waals surface area contributed by atoms with Crippen molar-refractivity contribution in [3.63, 3.8) is 0 Å². The third-order valence-electron chi connectivity index (χ3n) is 3.32. The number of likely N-dealkylation sites (N-methyl/N-ethyl adjacent to an activating group) is 1. The van der Waals surface area contributed by atoms with Crippen molar-refractivity contribution in [1.82, 2.24) is 25.1 Å². The first-order valence-electron chi connectivity index (χ1n) is 6.45. The van der Waals surface area contributed by atoms with Gasteiger partial charge in [-0.1, -0.05) is 6.92 Å². The van der Waals surface area contributed by atoms with Gasteiger partial charge in [-0.05, 0) is 26.5 Å². The molecule has 5 heteroatoms. The van der Waals surface area contributed by atoms with E-state index in [-0.39, 0.29) is 6.04 Å². The van der Waals surface area contributed by atoms with Crippen LogP contribution in [0, 0.1) is 0 Å². The van der Waals surface area contributed by atoms with Crippen LogP contribution in [0.1, 0.15) is 43.9 Å². The summed E-state index contributed by atoms with van der Waals surface area (Å²) in [7, 11) is 1.94. The number of aromatic amines is 1. The molecule has 0 saturated heterocycles. The SMILES string of the molecule is CCC(C)n1ccc(CC(NC)c2ncc[nH]2)n1. The predicted molar refractivity (Wildman–Crippen MR) is 71.3 cm³/mol. The van der Waals surface area contributed by atoms with Crippen LogP contribution < -0.4 is 5.32 Å². The maximum absolute atomic E-state index is 4.61. The zero-order valence-corrected chi connectivity index (χ0v) is 11.2. The summed E-state index contributed by atoms with van der Waals surface area (Å²) < 4.78 is 2.03. The molecule has 0 aromatic carbocycles. The molecule has 98 valence electrons. The van der Waals surface area contributed by atoms with Crippen molar-refractivity contribution >= 4 is 0 Å². The fourth-order valence-electron chi connectivity index (χ4n) is 1.93. The summed E-state index contributed by atoms with van der Waals surface area (Å²) >= 11 is 0. The van der Waals surface area contributed by atoms with Crippen molar-refractivity contribution < 1.29 is 0 Å². The van der Waals surface area contributed by atoms with Crippen LogP contribution in [0.15, 0.2) is 24.7 Å². The summed E-state index contributed by atoms with van der Waals surface area (Å²) in [6.45, 7) is 4.35. The van der Waals surface area contributed by atoms with E-state index in [2.05, 4.69) is 46.5 Å². The molecule has 0 aliphatic carbocycles. The highest BCUT2D eigenvalue weighted by Gasteiger charge is 2.14. The normalized spacial score (nSPS) is 14.6. The lowest BCUT2D eigenvalue weighted by atomic mass is 10.1. The van der Waals surface area contributed by atoms with Crippen molar-refractivity contribution in [2.24, 2.45) is 0 Å². The molecule has 0 aliphatic rings. The fourth-order valence-corrected chi connectivity index (χ4v) is 1.93. The van der Waals surface area contributed by atoms with Crippen molar-refractivity contribution in [3.05, 3.63) is 36.2 Å². The highest BCUT2D eigenvalue weighted by atomic mass is 15.3. The van der Waals surface area contributed by atoms with Crippen LogP contribution >= 0.6 is 0 Å². The van der Waals surface area contributed by atoms with Gasteiger partial charge in [-0.25, -0.2) is 4.98 Å². The Hall–Kier alpha value is -1.62. The van der Waals surface area contributed by atoms with Crippen LogP contribution in [0.25, 0.3) is 0 Å². The Bertz CT molecular complexity index is 459. The van der Waals surface area contributed by atoms with Gasteiger partial charge in [0.25, 0.3) is 0 Å². The molecule has 2 rings (SSSR count). The van der Waals surface area contributed by atoms with Gasteiger partial charge < -0.3 is 10.3 Å². The first-order valence-corrected chi connectivity index (χ1v) is 6.45. The quantitative estimate of drug-likeness (QED) is 0.821. The van der Waals surface area contributed by atoms with Gasteiger partial charge in [0, 0.05) is 31.1 Å². The van der Waals surface area contributed by atoms with Gasteiger partial charge in [0.15, 0.2) is 0 Å². The van der Waals surface area contributed by atoms with E-state index < -0.39 is 0 Å². The maximum Gasteiger partial charge on any atom is 0.123 e. The van der Waals surface area contributed by atoms with Gasteiger partial charge in [-0.15, -0.1) is 0 Å². The fraction of sp³-hybridized carbons (Fsp3) is 0.538. The Morgan fingerprint density at radius 2 is 2.33 bits per heavy atom. The molecule has 0 bridgehead atoms. The molecular weight excluding hydrogens is 226 g/mol. The van der Waals surface area contributed by atoms with E-state index in [0.717, 1.165) is 24.4 Å². The number of nitrogens with zero attached hydrogens (tertiary/aromatic N) is 3. The van der Waals surface area contributed by atoms with Crippen LogP contribution in [0.5, 0.6) is 0 Å². The Morgan fingerprint density at radius 1 is 1.50 bits per heavy atom. The molecule has 2 aromatic rings. The van der Waals surface area contributed by atoms with E-state index >= 15 is 0 Å². The second-order valence-corrected chi connectivity index (χ2v) is 4.56. The summed E-state index contributed by atoms with van der Waals surface area (Å²) in [5, 5.41) is 7.88. The molecular formula is C13H21N5. The summed E-state index contributed by atoms with van der Waals surface area (Å²) in [5.41, 5.74) is 1.09. The number of aromatic nitrogens is 4. The number of H-pyrrole nitrogens is 1. The average molecular weight is 247 g/mol. The average Bonchev–Trinajstić information content (AvgIpc) is 3.05. The van der Waals surface area contributed by atoms with Crippen LogP contribution in [0.2, 0.25) is 0 Å². The van der Waals surface area contributed by atoms with Crippen molar-refractivity contribution in [3.8, 4) is 0 Å². The van der Waals surface area contributed by atoms with Gasteiger partial charge in [0.05, 0.1) is 11.7 Å². The third-order valence-corrected chi connectivity index (χ3v) is 3.32. The zero-order valence-electron chi connectivity index (χ0n) is 11.2. The Kier molecular flexibility index (Phi) is 4.15. The summed E-state index contributed by atoms with van der Waals surface area (Å²) in [4.78, 5) is 7.43. The third kappa shape index (κ3) is 2.79. The molecule has 0 amide bonds. The maximum atomic E-state index is 4.61. The topological polar surface area (TPSA) is 58.5 Å². The second kappa shape index (κ2) is 5.82. The molecule has 0 fully saturated rings. The monoisotopic (exact) mass is 247 g/mol. The molecule has 2 N–H and O–H groups in total. The highest BCUT2D eigenvalue weighted by Crippen LogP contribution is 2.15. The number of hydrogen-bond donors (Lipinski definition) is 2. The van der Waals surface area contributed by atoms with Crippen LogP contribution in [-0.2, 0) is 6.42 Å². The summed E-state index contributed by atoms with van der Waals surface area (Å²) in [6.07, 6.45) is 7.61. The number of nitrogens with one attached hydrogen (secondary N) is 2. The zero-order chi connectivity index (χ0) is 13.0. The first kappa shape index (κ1) is 12.8. The van der Waals surface area contributed by atoms with Crippen molar-refractivity contribution in [2.75, 3.05) is 7.05 Å². The molecule has 2 unspecified atom stereocenters. The summed E-state index contributed by atoms with van der Waals surface area (Å²) in [6, 6.07) is 2.72. The molecule has 0 radical (unpaired) electrons. The van der Waals surface area contributed by atoms with E-state index in [0.29, 0.717) is 6.04 Å². The van der Waals surface area contributed by atoms with Crippen LogP contribution in [0.3, 0.4) is 0 Å². The minimum absolute atomic E-state index is 0.181. The minimum atomic E-state index is 0.181. The summed E-state index contributed by atoms with van der Waals surface area (Å²) in [5.74, 6) is 0.954. The molecule has 5 nitrogen and oxygen atoms in total. The second-order valence-electron chi connectivity index (χ2n) is 4.56. The standard InChI is InChI=1S/C13H21N5/c1-4-10(2)18-8-5-11(17-18)9-12(14-3)13-15-6-7-16-13/h5-8,10,12,14H,4,9H2,1-3H3,(H,15,16). The lowest BCUT2D eigenvalue weighted by Gasteiger charge is -2.12. The molecule has 0 aliphatic heterocycles. The molecule has 0 spiro atoms. The number of rotatable bonds is 6. The molecule has 0 saturated carbocycles. The van der Waals surface area contributed by atoms with Gasteiger partial charge in [0.1, 0.15) is 5.82 Å². The Morgan fingerprint density at radius 3 is 2.94 bits per heavy atom. The predicted octanol–water partition coefficient (Wildman–Crippen LogP) is 2.08. The highest BCUT2D eigenvalue weighted by molar-refractivity contribution is 5.06. The van der Waals surface area contributed by atoms with Gasteiger partial charge in [-0.3, -0.25) is 4.68 Å². The van der Waals surface area contributed by atoms with Crippen LogP contribution in [0.4, 0.5) is 0 Å². The van der Waals surface area contributed by atoms with E-state index in [1.807, 2.05) is 17.9 Å². The van der Waals surface area contributed by atoms with E-state index in [1.54, 1.807) is 6.20 Å². The van der Waals surface area contributed by atoms with Gasteiger partial charge in [-0.2, -0.15) is 5.10 Å². The first-order chi connectivity index (χ1) is 8.74. The van der Waals surface area contributed by atoms with Gasteiger partial charge >= 0.3 is 0 Å². The van der Waals surface area contributed by atoms with Gasteiger partial charge in [0.2, 0.25) is 0 Å². The molecule has 2 aromatic heterocycles. The Balaban J connectivity index is 2.06. The lowest BCUT2D eigenvalue weighted by molar-refractivity contribution is 0.467. The van der Waals surface area contributed by atoms with Crippen LogP contribution in [-0.4, -0.2) is 26.8 Å². The molecule has 2 heterocycles. The van der Waals surface area contributed by atoms with E-state index in [4.69, 9.17) is 0 Å². The van der Waals surface area contributed by atoms with Crippen molar-refractivity contribution in [2.45, 2.75) is 38.8 Å². The number of hydrogen-bond acceptors (Lipinski definition) is 3. The minimum Gasteiger partial charge on any atom is -0.347 e. The molecule has 18 heavy (non-hydrogen) atoms. The number of imidazole rings is 1. The lowest BCUT2D eigenvalue weighted by Crippen LogP contribution is -2.20.